The lowest BCUT2D eigenvalue weighted by Crippen LogP contribution is -2.35. The van der Waals surface area contributed by atoms with Gasteiger partial charge in [-0.3, -0.25) is 4.79 Å². The van der Waals surface area contributed by atoms with Gasteiger partial charge in [0.25, 0.3) is 5.91 Å². The number of rotatable bonds is 7. The third-order valence-corrected chi connectivity index (χ3v) is 4.88. The molecule has 1 amide bonds. The van der Waals surface area contributed by atoms with Gasteiger partial charge in [0.1, 0.15) is 5.76 Å². The van der Waals surface area contributed by atoms with E-state index in [9.17, 15) is 4.79 Å². The van der Waals surface area contributed by atoms with Crippen LogP contribution >= 0.6 is 0 Å². The molecule has 0 aliphatic rings. The number of amides is 1. The van der Waals surface area contributed by atoms with E-state index in [1.165, 1.54) is 11.1 Å². The van der Waals surface area contributed by atoms with Crippen LogP contribution in [0.3, 0.4) is 0 Å². The van der Waals surface area contributed by atoms with E-state index in [0.29, 0.717) is 23.9 Å². The third kappa shape index (κ3) is 4.49. The molecule has 5 nitrogen and oxygen atoms in total. The molecule has 0 aliphatic heterocycles. The number of hydrogen-bond donors (Lipinski definition) is 1. The van der Waals surface area contributed by atoms with E-state index in [-0.39, 0.29) is 11.9 Å². The first-order valence-corrected chi connectivity index (χ1v) is 9.56. The minimum atomic E-state index is -0.222. The number of aromatic nitrogens is 1. The second kappa shape index (κ2) is 8.85. The number of benzene rings is 2. The number of carbonyl (C=O) groups is 1. The normalized spacial score (nSPS) is 12.2. The molecular formula is C23H27N3O2. The number of hydrogen-bond acceptors (Lipinski definition) is 4. The molecule has 2 aromatic carbocycles. The Bertz CT molecular complexity index is 915. The van der Waals surface area contributed by atoms with E-state index in [2.05, 4.69) is 46.4 Å². The second-order valence-corrected chi connectivity index (χ2v) is 7.07. The van der Waals surface area contributed by atoms with Crippen LogP contribution < -0.4 is 5.32 Å². The molecule has 0 spiro atoms. The van der Waals surface area contributed by atoms with Crippen molar-refractivity contribution in [2.45, 2.75) is 26.3 Å². The molecule has 0 saturated carbocycles. The van der Waals surface area contributed by atoms with Gasteiger partial charge in [0.05, 0.1) is 6.04 Å². The minimum Gasteiger partial charge on any atom is -0.441 e. The summed E-state index contributed by atoms with van der Waals surface area (Å²) in [5, 5.41) is 3.01. The van der Waals surface area contributed by atoms with Crippen molar-refractivity contribution in [3.8, 4) is 11.5 Å². The van der Waals surface area contributed by atoms with Crippen LogP contribution in [0.15, 0.2) is 59.0 Å². The molecule has 5 heteroatoms. The van der Waals surface area contributed by atoms with Crippen molar-refractivity contribution in [3.63, 3.8) is 0 Å². The SMILES string of the molecule is CCc1ccc([C@H](CNC(=O)c2nc(-c3ccccc3)oc2C)N(C)C)cc1. The molecule has 0 aliphatic carbocycles. The molecule has 0 unspecified atom stereocenters. The predicted molar refractivity (Wildman–Crippen MR) is 111 cm³/mol. The summed E-state index contributed by atoms with van der Waals surface area (Å²) in [7, 11) is 4.03. The van der Waals surface area contributed by atoms with Gasteiger partial charge in [0.2, 0.25) is 5.89 Å². The molecule has 0 fully saturated rings. The highest BCUT2D eigenvalue weighted by atomic mass is 16.4. The first kappa shape index (κ1) is 19.8. The van der Waals surface area contributed by atoms with E-state index >= 15 is 0 Å². The van der Waals surface area contributed by atoms with E-state index in [4.69, 9.17) is 4.42 Å². The molecule has 0 bridgehead atoms. The molecule has 1 heterocycles. The Morgan fingerprint density at radius 2 is 1.79 bits per heavy atom. The molecule has 146 valence electrons. The van der Waals surface area contributed by atoms with Crippen molar-refractivity contribution in [1.82, 2.24) is 15.2 Å². The first-order valence-electron chi connectivity index (χ1n) is 9.56. The van der Waals surface area contributed by atoms with Crippen LogP contribution in [0.5, 0.6) is 0 Å². The summed E-state index contributed by atoms with van der Waals surface area (Å²) in [5.41, 5.74) is 3.66. The van der Waals surface area contributed by atoms with Gasteiger partial charge in [-0.1, -0.05) is 49.4 Å². The largest absolute Gasteiger partial charge is 0.441 e. The monoisotopic (exact) mass is 377 g/mol. The maximum absolute atomic E-state index is 12.7. The Kier molecular flexibility index (Phi) is 6.26. The van der Waals surface area contributed by atoms with Crippen LogP contribution in [0.2, 0.25) is 0 Å². The first-order chi connectivity index (χ1) is 13.5. The average molecular weight is 377 g/mol. The van der Waals surface area contributed by atoms with Gasteiger partial charge in [-0.05, 0) is 50.7 Å². The van der Waals surface area contributed by atoms with Gasteiger partial charge in [-0.2, -0.15) is 0 Å². The zero-order chi connectivity index (χ0) is 20.1. The van der Waals surface area contributed by atoms with Gasteiger partial charge >= 0.3 is 0 Å². The van der Waals surface area contributed by atoms with Gasteiger partial charge < -0.3 is 14.6 Å². The van der Waals surface area contributed by atoms with Gasteiger partial charge in [-0.15, -0.1) is 0 Å². The lowest BCUT2D eigenvalue weighted by Gasteiger charge is -2.25. The maximum Gasteiger partial charge on any atom is 0.273 e. The molecule has 1 atom stereocenters. The zero-order valence-corrected chi connectivity index (χ0v) is 16.9. The quantitative estimate of drug-likeness (QED) is 0.669. The summed E-state index contributed by atoms with van der Waals surface area (Å²) in [6.45, 7) is 4.40. The van der Waals surface area contributed by atoms with Crippen LogP contribution in [0, 0.1) is 6.92 Å². The fourth-order valence-corrected chi connectivity index (χ4v) is 3.16. The number of nitrogens with zero attached hydrogens (tertiary/aromatic N) is 2. The Morgan fingerprint density at radius 1 is 1.11 bits per heavy atom. The lowest BCUT2D eigenvalue weighted by molar-refractivity contribution is 0.0936. The number of oxazole rings is 1. The van der Waals surface area contributed by atoms with E-state index in [0.717, 1.165) is 12.0 Å². The standard InChI is InChI=1S/C23H27N3O2/c1-5-17-11-13-18(14-12-17)20(26(3)4)15-24-22(27)21-16(2)28-23(25-21)19-9-7-6-8-10-19/h6-14,20H,5,15H2,1-4H3,(H,24,27)/t20-/m0/s1. The van der Waals surface area contributed by atoms with Crippen molar-refractivity contribution in [2.24, 2.45) is 0 Å². The molecule has 3 rings (SSSR count). The van der Waals surface area contributed by atoms with Crippen LogP contribution in [-0.4, -0.2) is 36.4 Å². The highest BCUT2D eigenvalue weighted by Gasteiger charge is 2.20. The Labute approximate surface area is 166 Å². The summed E-state index contributed by atoms with van der Waals surface area (Å²) in [6, 6.07) is 18.2. The average Bonchev–Trinajstić information content (AvgIpc) is 3.10. The Hall–Kier alpha value is -2.92. The Morgan fingerprint density at radius 3 is 2.39 bits per heavy atom. The Balaban J connectivity index is 1.72. The molecule has 0 saturated heterocycles. The molecule has 1 N–H and O–H groups in total. The number of carbonyl (C=O) groups excluding carboxylic acids is 1. The molecule has 0 radical (unpaired) electrons. The number of likely N-dealkylation sites (N-methyl/N-ethyl adjacent to an activating group) is 1. The molecule has 1 aromatic heterocycles. The zero-order valence-electron chi connectivity index (χ0n) is 16.9. The third-order valence-electron chi connectivity index (χ3n) is 4.88. The van der Waals surface area contributed by atoms with Crippen molar-refractivity contribution >= 4 is 5.91 Å². The fourth-order valence-electron chi connectivity index (χ4n) is 3.16. The topological polar surface area (TPSA) is 58.4 Å². The maximum atomic E-state index is 12.7. The van der Waals surface area contributed by atoms with E-state index in [1.807, 2.05) is 44.4 Å². The summed E-state index contributed by atoms with van der Waals surface area (Å²) in [4.78, 5) is 19.2. The van der Waals surface area contributed by atoms with E-state index in [1.54, 1.807) is 6.92 Å². The number of aryl methyl sites for hydroxylation is 2. The van der Waals surface area contributed by atoms with Crippen molar-refractivity contribution in [1.29, 1.82) is 0 Å². The van der Waals surface area contributed by atoms with Crippen molar-refractivity contribution in [3.05, 3.63) is 77.2 Å². The lowest BCUT2D eigenvalue weighted by atomic mass is 10.0. The van der Waals surface area contributed by atoms with Gasteiger partial charge in [0, 0.05) is 12.1 Å². The van der Waals surface area contributed by atoms with Crippen molar-refractivity contribution < 1.29 is 9.21 Å². The highest BCUT2D eigenvalue weighted by Crippen LogP contribution is 2.22. The summed E-state index contributed by atoms with van der Waals surface area (Å²) in [5.74, 6) is 0.757. The summed E-state index contributed by atoms with van der Waals surface area (Å²) >= 11 is 0. The summed E-state index contributed by atoms with van der Waals surface area (Å²) < 4.78 is 5.70. The van der Waals surface area contributed by atoms with Crippen LogP contribution in [-0.2, 0) is 6.42 Å². The fraction of sp³-hybridized carbons (Fsp3) is 0.304. The highest BCUT2D eigenvalue weighted by molar-refractivity contribution is 5.93. The van der Waals surface area contributed by atoms with Crippen LogP contribution in [0.4, 0.5) is 0 Å². The van der Waals surface area contributed by atoms with Crippen LogP contribution in [0.25, 0.3) is 11.5 Å². The van der Waals surface area contributed by atoms with Crippen LogP contribution in [0.1, 0.15) is 40.3 Å². The van der Waals surface area contributed by atoms with E-state index < -0.39 is 0 Å². The second-order valence-electron chi connectivity index (χ2n) is 7.07. The molecular weight excluding hydrogens is 350 g/mol. The van der Waals surface area contributed by atoms with Gasteiger partial charge in [0.15, 0.2) is 5.69 Å². The molecule has 28 heavy (non-hydrogen) atoms. The molecule has 3 aromatic rings. The summed E-state index contributed by atoms with van der Waals surface area (Å²) in [6.07, 6.45) is 1.01. The minimum absolute atomic E-state index is 0.0793. The number of nitrogens with one attached hydrogen (secondary N) is 1. The predicted octanol–water partition coefficient (Wildman–Crippen LogP) is 4.25. The smallest absolute Gasteiger partial charge is 0.273 e. The van der Waals surface area contributed by atoms with Gasteiger partial charge in [-0.25, -0.2) is 4.98 Å². The van der Waals surface area contributed by atoms with Crippen molar-refractivity contribution in [2.75, 3.05) is 20.6 Å².